The van der Waals surface area contributed by atoms with E-state index in [9.17, 15) is 4.79 Å². The van der Waals surface area contributed by atoms with Gasteiger partial charge in [0.2, 0.25) is 11.7 Å². The molecular formula is C19H15N3O3. The molecule has 0 saturated carbocycles. The largest absolute Gasteiger partial charge is 0.461 e. The van der Waals surface area contributed by atoms with Crippen LogP contribution in [0.5, 0.6) is 0 Å². The molecule has 1 aromatic heterocycles. The molecule has 6 nitrogen and oxygen atoms in total. The third-order valence-electron chi connectivity index (χ3n) is 3.53. The van der Waals surface area contributed by atoms with E-state index in [1.165, 1.54) is 0 Å². The number of ether oxygens (including phenoxy) is 1. The number of nitrogens with zero attached hydrogens (tertiary/aromatic N) is 3. The van der Waals surface area contributed by atoms with Crippen LogP contribution < -0.4 is 0 Å². The first kappa shape index (κ1) is 16.4. The highest BCUT2D eigenvalue weighted by Gasteiger charge is 2.11. The number of carbonyl (C=O) groups is 1. The second kappa shape index (κ2) is 7.88. The molecule has 0 saturated heterocycles. The number of nitriles is 1. The molecule has 3 rings (SSSR count). The van der Waals surface area contributed by atoms with Gasteiger partial charge in [0, 0.05) is 12.0 Å². The van der Waals surface area contributed by atoms with Crippen molar-refractivity contribution in [1.82, 2.24) is 10.1 Å². The Morgan fingerprint density at radius 1 is 1.12 bits per heavy atom. The summed E-state index contributed by atoms with van der Waals surface area (Å²) in [5, 5.41) is 12.7. The Hall–Kier alpha value is -3.46. The zero-order chi connectivity index (χ0) is 17.5. The number of aryl methyl sites for hydroxylation is 1. The molecule has 6 heteroatoms. The molecule has 3 aromatic rings. The first-order chi connectivity index (χ1) is 12.2. The molecule has 0 aliphatic heterocycles. The van der Waals surface area contributed by atoms with Gasteiger partial charge in [-0.05, 0) is 17.7 Å². The van der Waals surface area contributed by atoms with Crippen molar-refractivity contribution in [2.45, 2.75) is 19.4 Å². The summed E-state index contributed by atoms with van der Waals surface area (Å²) in [4.78, 5) is 16.1. The molecule has 25 heavy (non-hydrogen) atoms. The molecule has 124 valence electrons. The number of hydrogen-bond acceptors (Lipinski definition) is 6. The summed E-state index contributed by atoms with van der Waals surface area (Å²) >= 11 is 0. The fourth-order valence-corrected chi connectivity index (χ4v) is 2.18. The van der Waals surface area contributed by atoms with Gasteiger partial charge >= 0.3 is 5.97 Å². The summed E-state index contributed by atoms with van der Waals surface area (Å²) in [5.74, 6) is 0.555. The van der Waals surface area contributed by atoms with E-state index < -0.39 is 0 Å². The van der Waals surface area contributed by atoms with Gasteiger partial charge in [-0.1, -0.05) is 47.6 Å². The van der Waals surface area contributed by atoms with Gasteiger partial charge in [0.25, 0.3) is 0 Å². The summed E-state index contributed by atoms with van der Waals surface area (Å²) in [5.41, 5.74) is 2.26. The molecule has 0 aliphatic carbocycles. The van der Waals surface area contributed by atoms with Crippen molar-refractivity contribution in [1.29, 1.82) is 5.26 Å². The van der Waals surface area contributed by atoms with Crippen molar-refractivity contribution in [2.24, 2.45) is 0 Å². The molecular weight excluding hydrogens is 318 g/mol. The van der Waals surface area contributed by atoms with E-state index in [0.717, 1.165) is 11.1 Å². The van der Waals surface area contributed by atoms with E-state index in [1.54, 1.807) is 24.3 Å². The van der Waals surface area contributed by atoms with Gasteiger partial charge in [0.15, 0.2) is 0 Å². The predicted molar refractivity (Wildman–Crippen MR) is 89.0 cm³/mol. The highest BCUT2D eigenvalue weighted by Crippen LogP contribution is 2.15. The monoisotopic (exact) mass is 333 g/mol. The lowest BCUT2D eigenvalue weighted by molar-refractivity contribution is -0.145. The quantitative estimate of drug-likeness (QED) is 0.643. The lowest BCUT2D eigenvalue weighted by Gasteiger charge is -2.04. The van der Waals surface area contributed by atoms with Crippen LogP contribution in [0.2, 0.25) is 0 Å². The van der Waals surface area contributed by atoms with Crippen LogP contribution >= 0.6 is 0 Å². The van der Waals surface area contributed by atoms with Gasteiger partial charge in [-0.25, -0.2) is 0 Å². The predicted octanol–water partition coefficient (Wildman–Crippen LogP) is 3.28. The van der Waals surface area contributed by atoms with Gasteiger partial charge in [-0.3, -0.25) is 4.79 Å². The number of carbonyl (C=O) groups excluding carboxylic acids is 1. The Morgan fingerprint density at radius 3 is 2.60 bits per heavy atom. The third-order valence-corrected chi connectivity index (χ3v) is 3.53. The average molecular weight is 333 g/mol. The van der Waals surface area contributed by atoms with E-state index in [2.05, 4.69) is 10.1 Å². The van der Waals surface area contributed by atoms with Crippen molar-refractivity contribution < 1.29 is 14.1 Å². The maximum atomic E-state index is 11.8. The van der Waals surface area contributed by atoms with Crippen LogP contribution in [0.1, 0.15) is 23.4 Å². The fourth-order valence-electron chi connectivity index (χ4n) is 2.18. The zero-order valence-electron chi connectivity index (χ0n) is 13.4. The smallest absolute Gasteiger partial charge is 0.306 e. The maximum absolute atomic E-state index is 11.8. The topological polar surface area (TPSA) is 89.0 Å². The number of aromatic nitrogens is 2. The van der Waals surface area contributed by atoms with Crippen LogP contribution in [-0.2, 0) is 22.6 Å². The van der Waals surface area contributed by atoms with Gasteiger partial charge in [0.1, 0.15) is 6.61 Å². The van der Waals surface area contributed by atoms with Crippen molar-refractivity contribution in [3.8, 4) is 17.5 Å². The molecule has 0 atom stereocenters. The van der Waals surface area contributed by atoms with E-state index >= 15 is 0 Å². The second-order valence-corrected chi connectivity index (χ2v) is 5.35. The molecule has 0 amide bonds. The standard InChI is InChI=1S/C19H15N3O3/c20-12-14-6-8-15(9-7-14)13-24-18(23)11-10-17-21-19(22-25-17)16-4-2-1-3-5-16/h1-9H,10-11,13H2. The fraction of sp³-hybridized carbons (Fsp3) is 0.158. The van der Waals surface area contributed by atoms with E-state index in [-0.39, 0.29) is 19.0 Å². The number of benzene rings is 2. The Morgan fingerprint density at radius 2 is 1.88 bits per heavy atom. The Labute approximate surface area is 144 Å². The third kappa shape index (κ3) is 4.52. The van der Waals surface area contributed by atoms with Crippen molar-refractivity contribution in [2.75, 3.05) is 0 Å². The average Bonchev–Trinajstić information content (AvgIpc) is 3.15. The van der Waals surface area contributed by atoms with Crippen LogP contribution in [0.4, 0.5) is 0 Å². The Bertz CT molecular complexity index is 880. The molecule has 0 aliphatic rings. The van der Waals surface area contributed by atoms with Crippen LogP contribution in [-0.4, -0.2) is 16.1 Å². The summed E-state index contributed by atoms with van der Waals surface area (Å²) in [6, 6.07) is 18.4. The molecule has 0 unspecified atom stereocenters. The summed E-state index contributed by atoms with van der Waals surface area (Å²) in [7, 11) is 0. The molecule has 0 fully saturated rings. The minimum absolute atomic E-state index is 0.159. The molecule has 2 aromatic carbocycles. The molecule has 0 radical (unpaired) electrons. The minimum atomic E-state index is -0.344. The summed E-state index contributed by atoms with van der Waals surface area (Å²) in [6.07, 6.45) is 0.485. The highest BCUT2D eigenvalue weighted by atomic mass is 16.5. The van der Waals surface area contributed by atoms with Crippen LogP contribution in [0.3, 0.4) is 0 Å². The van der Waals surface area contributed by atoms with Gasteiger partial charge in [-0.2, -0.15) is 10.2 Å². The second-order valence-electron chi connectivity index (χ2n) is 5.35. The van der Waals surface area contributed by atoms with E-state index in [1.807, 2.05) is 36.4 Å². The lowest BCUT2D eigenvalue weighted by atomic mass is 10.2. The lowest BCUT2D eigenvalue weighted by Crippen LogP contribution is -2.06. The minimum Gasteiger partial charge on any atom is -0.461 e. The summed E-state index contributed by atoms with van der Waals surface area (Å²) < 4.78 is 10.4. The van der Waals surface area contributed by atoms with Gasteiger partial charge in [0.05, 0.1) is 18.1 Å². The zero-order valence-corrected chi connectivity index (χ0v) is 13.4. The van der Waals surface area contributed by atoms with Gasteiger partial charge in [-0.15, -0.1) is 0 Å². The Kier molecular flexibility index (Phi) is 5.17. The first-order valence-corrected chi connectivity index (χ1v) is 7.77. The SMILES string of the molecule is N#Cc1ccc(COC(=O)CCc2nc(-c3ccccc3)no2)cc1. The van der Waals surface area contributed by atoms with E-state index in [4.69, 9.17) is 14.5 Å². The number of rotatable bonds is 6. The molecule has 1 heterocycles. The van der Waals surface area contributed by atoms with Gasteiger partial charge < -0.3 is 9.26 Å². The van der Waals surface area contributed by atoms with Crippen molar-refractivity contribution in [3.05, 3.63) is 71.6 Å². The van der Waals surface area contributed by atoms with E-state index in [0.29, 0.717) is 23.7 Å². The van der Waals surface area contributed by atoms with Crippen LogP contribution in [0, 0.1) is 11.3 Å². The normalized spacial score (nSPS) is 10.2. The molecule has 0 N–H and O–H groups in total. The van der Waals surface area contributed by atoms with Crippen molar-refractivity contribution >= 4 is 5.97 Å². The Balaban J connectivity index is 1.47. The molecule has 0 bridgehead atoms. The van der Waals surface area contributed by atoms with Crippen LogP contribution in [0.15, 0.2) is 59.1 Å². The van der Waals surface area contributed by atoms with Crippen molar-refractivity contribution in [3.63, 3.8) is 0 Å². The number of hydrogen-bond donors (Lipinski definition) is 0. The first-order valence-electron chi connectivity index (χ1n) is 7.77. The summed E-state index contributed by atoms with van der Waals surface area (Å²) in [6.45, 7) is 0.170. The highest BCUT2D eigenvalue weighted by molar-refractivity contribution is 5.69. The number of esters is 1. The maximum Gasteiger partial charge on any atom is 0.306 e. The molecule has 0 spiro atoms. The van der Waals surface area contributed by atoms with Crippen LogP contribution in [0.25, 0.3) is 11.4 Å².